The Morgan fingerprint density at radius 3 is 2.92 bits per heavy atom. The van der Waals surface area contributed by atoms with Crippen molar-refractivity contribution in [2.75, 3.05) is 12.3 Å². The summed E-state index contributed by atoms with van der Waals surface area (Å²) in [6, 6.07) is 15.7. The number of carbonyl (C=O) groups is 1. The van der Waals surface area contributed by atoms with Crippen molar-refractivity contribution in [1.82, 2.24) is 5.32 Å². The third-order valence-corrected chi connectivity index (χ3v) is 4.91. The monoisotopic (exact) mass is 351 g/mol. The molecule has 1 aliphatic carbocycles. The van der Waals surface area contributed by atoms with E-state index in [1.807, 2.05) is 42.5 Å². The summed E-state index contributed by atoms with van der Waals surface area (Å²) in [5.41, 5.74) is 9.89. The Balaban J connectivity index is 1.39. The number of amidine groups is 1. The van der Waals surface area contributed by atoms with Gasteiger partial charge >= 0.3 is 6.09 Å². The van der Waals surface area contributed by atoms with E-state index in [4.69, 9.17) is 15.2 Å². The molecule has 1 unspecified atom stereocenters. The van der Waals surface area contributed by atoms with Crippen LogP contribution >= 0.6 is 0 Å². The molecular weight excluding hydrogens is 330 g/mol. The maximum atomic E-state index is 12.0. The first-order chi connectivity index (χ1) is 12.6. The van der Waals surface area contributed by atoms with E-state index in [-0.39, 0.29) is 18.2 Å². The SMILES string of the molecule is Nc1cccc2c1CC1(CC2)COC(NC(=O)OCc2ccccc2)=N1. The number of benzene rings is 2. The fourth-order valence-corrected chi connectivity index (χ4v) is 3.50. The van der Waals surface area contributed by atoms with Crippen LogP contribution in [0.25, 0.3) is 0 Å². The minimum absolute atomic E-state index is 0.203. The zero-order valence-corrected chi connectivity index (χ0v) is 14.4. The van der Waals surface area contributed by atoms with Crippen LogP contribution in [0.1, 0.15) is 23.1 Å². The van der Waals surface area contributed by atoms with E-state index in [2.05, 4.69) is 16.4 Å². The number of nitrogens with one attached hydrogen (secondary N) is 1. The van der Waals surface area contributed by atoms with Crippen LogP contribution in [0.3, 0.4) is 0 Å². The third kappa shape index (κ3) is 3.35. The number of hydrogen-bond donors (Lipinski definition) is 2. The predicted octanol–water partition coefficient (Wildman–Crippen LogP) is 2.81. The van der Waals surface area contributed by atoms with Crippen LogP contribution < -0.4 is 11.1 Å². The van der Waals surface area contributed by atoms with E-state index in [1.165, 1.54) is 5.56 Å². The van der Waals surface area contributed by atoms with Crippen LogP contribution in [-0.2, 0) is 28.9 Å². The topological polar surface area (TPSA) is 85.9 Å². The van der Waals surface area contributed by atoms with E-state index >= 15 is 0 Å². The zero-order valence-electron chi connectivity index (χ0n) is 14.4. The van der Waals surface area contributed by atoms with Crippen molar-refractivity contribution in [3.63, 3.8) is 0 Å². The molecule has 0 saturated heterocycles. The van der Waals surface area contributed by atoms with Crippen molar-refractivity contribution in [3.8, 4) is 0 Å². The van der Waals surface area contributed by atoms with Gasteiger partial charge in [-0.25, -0.2) is 15.1 Å². The molecule has 3 N–H and O–H groups in total. The van der Waals surface area contributed by atoms with Crippen molar-refractivity contribution < 1.29 is 14.3 Å². The van der Waals surface area contributed by atoms with Crippen LogP contribution in [0.5, 0.6) is 0 Å². The molecular formula is C20H21N3O3. The number of amides is 1. The van der Waals surface area contributed by atoms with Gasteiger partial charge in [0.15, 0.2) is 0 Å². The average Bonchev–Trinajstić information content (AvgIpc) is 3.04. The number of anilines is 1. The fourth-order valence-electron chi connectivity index (χ4n) is 3.50. The Morgan fingerprint density at radius 1 is 1.23 bits per heavy atom. The van der Waals surface area contributed by atoms with Crippen LogP contribution in [0, 0.1) is 0 Å². The molecule has 0 fully saturated rings. The Morgan fingerprint density at radius 2 is 2.08 bits per heavy atom. The first kappa shape index (κ1) is 16.4. The van der Waals surface area contributed by atoms with Gasteiger partial charge in [0, 0.05) is 12.1 Å². The second-order valence-electron chi connectivity index (χ2n) is 6.78. The number of carbonyl (C=O) groups excluding carboxylic acids is 1. The minimum atomic E-state index is -0.569. The van der Waals surface area contributed by atoms with Gasteiger partial charge in [-0.3, -0.25) is 0 Å². The van der Waals surface area contributed by atoms with Crippen LogP contribution in [0.15, 0.2) is 53.5 Å². The van der Waals surface area contributed by atoms with Gasteiger partial charge in [-0.2, -0.15) is 0 Å². The molecule has 6 heteroatoms. The largest absolute Gasteiger partial charge is 0.462 e. The molecule has 0 bridgehead atoms. The van der Waals surface area contributed by atoms with Crippen molar-refractivity contribution in [1.29, 1.82) is 0 Å². The molecule has 26 heavy (non-hydrogen) atoms. The van der Waals surface area contributed by atoms with Gasteiger partial charge in [0.1, 0.15) is 18.8 Å². The first-order valence-corrected chi connectivity index (χ1v) is 8.70. The molecule has 1 atom stereocenters. The Labute approximate surface area is 152 Å². The second kappa shape index (κ2) is 6.71. The Kier molecular flexibility index (Phi) is 4.24. The molecule has 4 rings (SSSR count). The lowest BCUT2D eigenvalue weighted by atomic mass is 9.78. The molecule has 2 aromatic carbocycles. The van der Waals surface area contributed by atoms with E-state index < -0.39 is 6.09 Å². The summed E-state index contributed by atoms with van der Waals surface area (Å²) < 4.78 is 10.8. The van der Waals surface area contributed by atoms with Gasteiger partial charge in [-0.1, -0.05) is 42.5 Å². The maximum absolute atomic E-state index is 12.0. The summed E-state index contributed by atoms with van der Waals surface area (Å²) in [5, 5.41) is 2.59. The van der Waals surface area contributed by atoms with Crippen LogP contribution in [-0.4, -0.2) is 24.3 Å². The van der Waals surface area contributed by atoms with E-state index in [0.29, 0.717) is 6.61 Å². The molecule has 1 amide bonds. The summed E-state index contributed by atoms with van der Waals surface area (Å²) in [6.45, 7) is 0.643. The number of fused-ring (bicyclic) bond motifs is 1. The molecule has 1 heterocycles. The lowest BCUT2D eigenvalue weighted by Crippen LogP contribution is -2.36. The third-order valence-electron chi connectivity index (χ3n) is 4.91. The number of nitrogen functional groups attached to an aromatic ring is 1. The van der Waals surface area contributed by atoms with Gasteiger partial charge in [0.25, 0.3) is 6.02 Å². The maximum Gasteiger partial charge on any atom is 0.415 e. The van der Waals surface area contributed by atoms with Gasteiger partial charge in [-0.15, -0.1) is 0 Å². The van der Waals surface area contributed by atoms with Gasteiger partial charge in [0.05, 0.1) is 0 Å². The molecule has 2 aliphatic rings. The van der Waals surface area contributed by atoms with Crippen molar-refractivity contribution in [3.05, 3.63) is 65.2 Å². The van der Waals surface area contributed by atoms with Crippen LogP contribution in [0.4, 0.5) is 10.5 Å². The average molecular weight is 351 g/mol. The van der Waals surface area contributed by atoms with E-state index in [1.54, 1.807) is 0 Å². The van der Waals surface area contributed by atoms with E-state index in [9.17, 15) is 4.79 Å². The first-order valence-electron chi connectivity index (χ1n) is 8.70. The van der Waals surface area contributed by atoms with Gasteiger partial charge in [0.2, 0.25) is 0 Å². The number of nitrogens with two attached hydrogens (primary N) is 1. The number of hydrogen-bond acceptors (Lipinski definition) is 5. The highest BCUT2D eigenvalue weighted by molar-refractivity contribution is 5.91. The Hall–Kier alpha value is -3.02. The number of ether oxygens (including phenoxy) is 2. The van der Waals surface area contributed by atoms with Crippen molar-refractivity contribution in [2.24, 2.45) is 4.99 Å². The second-order valence-corrected chi connectivity index (χ2v) is 6.78. The highest BCUT2D eigenvalue weighted by Gasteiger charge is 2.40. The summed E-state index contributed by atoms with van der Waals surface area (Å²) >= 11 is 0. The summed E-state index contributed by atoms with van der Waals surface area (Å²) in [5.74, 6) is 0. The molecule has 0 aromatic heterocycles. The number of rotatable bonds is 2. The molecule has 1 spiro atoms. The lowest BCUT2D eigenvalue weighted by molar-refractivity contribution is 0.142. The molecule has 2 aromatic rings. The normalized spacial score (nSPS) is 20.8. The molecule has 1 aliphatic heterocycles. The quantitative estimate of drug-likeness (QED) is 0.815. The number of aliphatic imine (C=N–C) groups is 1. The van der Waals surface area contributed by atoms with Gasteiger partial charge < -0.3 is 15.2 Å². The van der Waals surface area contributed by atoms with Crippen molar-refractivity contribution >= 4 is 17.8 Å². The molecule has 6 nitrogen and oxygen atoms in total. The summed E-state index contributed by atoms with van der Waals surface area (Å²) in [6.07, 6.45) is 1.92. The Bertz CT molecular complexity index is 851. The highest BCUT2D eigenvalue weighted by Crippen LogP contribution is 2.36. The fraction of sp³-hybridized carbons (Fsp3) is 0.300. The highest BCUT2D eigenvalue weighted by atomic mass is 16.6. The van der Waals surface area contributed by atoms with E-state index in [0.717, 1.165) is 36.1 Å². The number of aryl methyl sites for hydroxylation is 1. The standard InChI is InChI=1S/C20H21N3O3/c21-17-8-4-7-15-9-10-20(11-16(15)17)13-26-18(23-20)22-19(24)25-12-14-5-2-1-3-6-14/h1-8H,9-13,21H2,(H,22,23,24). The van der Waals surface area contributed by atoms with Gasteiger partial charge in [-0.05, 0) is 35.6 Å². The smallest absolute Gasteiger partial charge is 0.415 e. The summed E-state index contributed by atoms with van der Waals surface area (Å²) in [7, 11) is 0. The number of nitrogens with zero attached hydrogens (tertiary/aromatic N) is 1. The minimum Gasteiger partial charge on any atom is -0.462 e. The number of alkyl carbamates (subject to hydrolysis) is 1. The van der Waals surface area contributed by atoms with Crippen LogP contribution in [0.2, 0.25) is 0 Å². The van der Waals surface area contributed by atoms with Crippen molar-refractivity contribution in [2.45, 2.75) is 31.4 Å². The molecule has 134 valence electrons. The zero-order chi connectivity index (χ0) is 18.0. The summed E-state index contributed by atoms with van der Waals surface area (Å²) in [4.78, 5) is 16.6. The molecule has 0 radical (unpaired) electrons. The lowest BCUT2D eigenvalue weighted by Gasteiger charge is -2.31. The predicted molar refractivity (Wildman–Crippen MR) is 98.8 cm³/mol. The molecule has 0 saturated carbocycles.